The third-order valence-corrected chi connectivity index (χ3v) is 4.86. The second kappa shape index (κ2) is 8.59. The Kier molecular flexibility index (Phi) is 5.97. The maximum atomic E-state index is 12.8. The Bertz CT molecular complexity index is 895. The van der Waals surface area contributed by atoms with E-state index in [0.29, 0.717) is 22.0 Å². The third-order valence-electron chi connectivity index (χ3n) is 3.78. The Hall–Kier alpha value is -3.00. The molecule has 8 heteroatoms. The minimum atomic E-state index is -0.556. The molecule has 1 heterocycles. The summed E-state index contributed by atoms with van der Waals surface area (Å²) in [6, 6.07) is 12.5. The fraction of sp³-hybridized carbons (Fsp3) is 0.158. The molecule has 0 saturated carbocycles. The Morgan fingerprint density at radius 1 is 1.22 bits per heavy atom. The van der Waals surface area contributed by atoms with E-state index in [1.165, 1.54) is 18.3 Å². The lowest BCUT2D eigenvalue weighted by Gasteiger charge is -2.05. The largest absolute Gasteiger partial charge is 0.497 e. The van der Waals surface area contributed by atoms with Crippen molar-refractivity contribution in [2.75, 3.05) is 7.11 Å². The highest BCUT2D eigenvalue weighted by Crippen LogP contribution is 2.24. The van der Waals surface area contributed by atoms with Gasteiger partial charge in [-0.2, -0.15) is 5.10 Å². The number of methoxy groups -OCH3 is 1. The average Bonchev–Trinajstić information content (AvgIpc) is 3.02. The van der Waals surface area contributed by atoms with Gasteiger partial charge < -0.3 is 10.1 Å². The number of nitrogens with zero attached hydrogens (tertiary/aromatic N) is 2. The van der Waals surface area contributed by atoms with Gasteiger partial charge in [-0.3, -0.25) is 9.59 Å². The van der Waals surface area contributed by atoms with Crippen molar-refractivity contribution in [3.8, 4) is 5.75 Å². The van der Waals surface area contributed by atoms with Gasteiger partial charge in [0.05, 0.1) is 18.6 Å². The second-order valence-electron chi connectivity index (χ2n) is 5.65. The summed E-state index contributed by atoms with van der Waals surface area (Å²) in [5.74, 6) is -0.0895. The first-order chi connectivity index (χ1) is 13.0. The maximum absolute atomic E-state index is 12.8. The molecule has 1 aliphatic heterocycles. The zero-order valence-corrected chi connectivity index (χ0v) is 15.2. The Morgan fingerprint density at radius 2 is 1.93 bits per heavy atom. The van der Waals surface area contributed by atoms with Gasteiger partial charge >= 0.3 is 0 Å². The predicted octanol–water partition coefficient (Wildman–Crippen LogP) is 3.03. The molecule has 0 radical (unpaired) electrons. The highest BCUT2D eigenvalue weighted by molar-refractivity contribution is 8.15. The molecule has 1 N–H and O–H groups in total. The van der Waals surface area contributed by atoms with Gasteiger partial charge in [0.15, 0.2) is 11.0 Å². The van der Waals surface area contributed by atoms with E-state index in [2.05, 4.69) is 15.5 Å². The number of thioether (sulfide) groups is 1. The fourth-order valence-corrected chi connectivity index (χ4v) is 3.27. The number of nitrogens with one attached hydrogen (secondary N) is 1. The van der Waals surface area contributed by atoms with Crippen LogP contribution in [-0.4, -0.2) is 35.4 Å². The summed E-state index contributed by atoms with van der Waals surface area (Å²) in [4.78, 5) is 24.4. The summed E-state index contributed by atoms with van der Waals surface area (Å²) in [5, 5.41) is 10.2. The lowest BCUT2D eigenvalue weighted by atomic mass is 10.1. The zero-order chi connectivity index (χ0) is 19.2. The monoisotopic (exact) mass is 385 g/mol. The quantitative estimate of drug-likeness (QED) is 0.471. The van der Waals surface area contributed by atoms with E-state index in [4.69, 9.17) is 4.74 Å². The topological polar surface area (TPSA) is 80.1 Å². The van der Waals surface area contributed by atoms with Gasteiger partial charge in [-0.1, -0.05) is 23.9 Å². The maximum Gasteiger partial charge on any atom is 0.240 e. The van der Waals surface area contributed by atoms with Gasteiger partial charge in [0, 0.05) is 12.0 Å². The van der Waals surface area contributed by atoms with Crippen LogP contribution >= 0.6 is 11.8 Å². The number of ether oxygens (including phenoxy) is 1. The standard InChI is InChI=1S/C19H16FN3O3S/c1-26-15-8-4-13(5-9-15)16(24)10-17-18(25)22-19(27-17)23-21-11-12-2-6-14(20)7-3-12/h2-9,11,17H,10H2,1H3,(H,22,23,25)/b21-11+. The molecule has 2 aromatic rings. The number of carbonyl (C=O) groups excluding carboxylic acids is 2. The van der Waals surface area contributed by atoms with Crippen LogP contribution in [0.5, 0.6) is 5.75 Å². The van der Waals surface area contributed by atoms with E-state index in [1.807, 2.05) is 0 Å². The van der Waals surface area contributed by atoms with E-state index in [-0.39, 0.29) is 23.9 Å². The molecular weight excluding hydrogens is 369 g/mol. The molecule has 1 atom stereocenters. The van der Waals surface area contributed by atoms with Crippen molar-refractivity contribution < 1.29 is 18.7 Å². The molecule has 1 aliphatic rings. The molecular formula is C19H16FN3O3S. The van der Waals surface area contributed by atoms with Gasteiger partial charge in [-0.15, -0.1) is 5.10 Å². The Morgan fingerprint density at radius 3 is 2.59 bits per heavy atom. The van der Waals surface area contributed by atoms with Crippen LogP contribution in [0, 0.1) is 5.82 Å². The van der Waals surface area contributed by atoms with Crippen LogP contribution in [0.25, 0.3) is 0 Å². The summed E-state index contributed by atoms with van der Waals surface area (Å²) in [6.45, 7) is 0. The average molecular weight is 385 g/mol. The highest BCUT2D eigenvalue weighted by Gasteiger charge is 2.32. The van der Waals surface area contributed by atoms with Crippen LogP contribution < -0.4 is 10.1 Å². The molecule has 138 valence electrons. The van der Waals surface area contributed by atoms with Crippen molar-refractivity contribution in [1.29, 1.82) is 0 Å². The summed E-state index contributed by atoms with van der Waals surface area (Å²) >= 11 is 1.16. The van der Waals surface area contributed by atoms with Gasteiger partial charge in [-0.25, -0.2) is 4.39 Å². The fourth-order valence-electron chi connectivity index (χ4n) is 2.35. The number of rotatable bonds is 6. The van der Waals surface area contributed by atoms with Crippen LogP contribution in [0.4, 0.5) is 4.39 Å². The number of benzene rings is 2. The normalized spacial score (nSPS) is 18.1. The summed E-state index contributed by atoms with van der Waals surface area (Å²) in [7, 11) is 1.55. The predicted molar refractivity (Wildman–Crippen MR) is 103 cm³/mol. The number of amides is 1. The first-order valence-electron chi connectivity index (χ1n) is 8.06. The smallest absolute Gasteiger partial charge is 0.240 e. The zero-order valence-electron chi connectivity index (χ0n) is 14.4. The summed E-state index contributed by atoms with van der Waals surface area (Å²) in [6.07, 6.45) is 1.51. The molecule has 3 rings (SSSR count). The van der Waals surface area contributed by atoms with E-state index in [1.54, 1.807) is 43.5 Å². The lowest BCUT2D eigenvalue weighted by molar-refractivity contribution is -0.118. The molecule has 1 saturated heterocycles. The first kappa shape index (κ1) is 18.8. The summed E-state index contributed by atoms with van der Waals surface area (Å²) in [5.41, 5.74) is 1.20. The van der Waals surface area contributed by atoms with Crippen molar-refractivity contribution in [2.45, 2.75) is 11.7 Å². The molecule has 6 nitrogen and oxygen atoms in total. The van der Waals surface area contributed by atoms with Crippen molar-refractivity contribution in [1.82, 2.24) is 5.32 Å². The van der Waals surface area contributed by atoms with Gasteiger partial charge in [-0.05, 0) is 42.0 Å². The third kappa shape index (κ3) is 5.01. The number of amidine groups is 1. The molecule has 1 unspecified atom stereocenters. The lowest BCUT2D eigenvalue weighted by Crippen LogP contribution is -2.26. The Labute approximate surface area is 159 Å². The van der Waals surface area contributed by atoms with Crippen molar-refractivity contribution >= 4 is 34.8 Å². The Balaban J connectivity index is 1.59. The SMILES string of the molecule is COc1ccc(C(=O)CC2S/C(=N\N=C\c3ccc(F)cc3)NC2=O)cc1. The van der Waals surface area contributed by atoms with Gasteiger partial charge in [0.2, 0.25) is 5.91 Å². The van der Waals surface area contributed by atoms with Crippen LogP contribution in [0.15, 0.2) is 58.7 Å². The van der Waals surface area contributed by atoms with E-state index >= 15 is 0 Å². The van der Waals surface area contributed by atoms with Crippen LogP contribution in [0.2, 0.25) is 0 Å². The van der Waals surface area contributed by atoms with E-state index < -0.39 is 5.25 Å². The van der Waals surface area contributed by atoms with Crippen LogP contribution in [0.1, 0.15) is 22.3 Å². The first-order valence-corrected chi connectivity index (χ1v) is 8.94. The minimum Gasteiger partial charge on any atom is -0.497 e. The second-order valence-corrected chi connectivity index (χ2v) is 6.84. The molecule has 27 heavy (non-hydrogen) atoms. The van der Waals surface area contributed by atoms with E-state index in [0.717, 1.165) is 11.8 Å². The number of hydrogen-bond donors (Lipinski definition) is 1. The molecule has 0 aliphatic carbocycles. The number of carbonyl (C=O) groups is 2. The number of ketones is 1. The molecule has 1 amide bonds. The number of halogens is 1. The van der Waals surface area contributed by atoms with Crippen molar-refractivity contribution in [2.24, 2.45) is 10.2 Å². The molecule has 2 aromatic carbocycles. The summed E-state index contributed by atoms with van der Waals surface area (Å²) < 4.78 is 17.9. The van der Waals surface area contributed by atoms with Crippen LogP contribution in [0.3, 0.4) is 0 Å². The van der Waals surface area contributed by atoms with Crippen molar-refractivity contribution in [3.05, 3.63) is 65.5 Å². The van der Waals surface area contributed by atoms with Gasteiger partial charge in [0.25, 0.3) is 0 Å². The van der Waals surface area contributed by atoms with E-state index in [9.17, 15) is 14.0 Å². The highest BCUT2D eigenvalue weighted by atomic mass is 32.2. The van der Waals surface area contributed by atoms with Gasteiger partial charge in [0.1, 0.15) is 11.6 Å². The molecule has 0 aromatic heterocycles. The molecule has 0 spiro atoms. The molecule has 1 fully saturated rings. The number of Topliss-reactive ketones (excluding diaryl/α,β-unsaturated/α-hetero) is 1. The minimum absolute atomic E-state index is 0.0591. The number of hydrogen-bond acceptors (Lipinski definition) is 6. The van der Waals surface area contributed by atoms with Crippen LogP contribution in [-0.2, 0) is 4.79 Å². The molecule has 0 bridgehead atoms. The van der Waals surface area contributed by atoms with Crippen molar-refractivity contribution in [3.63, 3.8) is 0 Å².